The van der Waals surface area contributed by atoms with E-state index in [1.807, 2.05) is 18.2 Å². The van der Waals surface area contributed by atoms with Gasteiger partial charge < -0.3 is 24.1 Å². The summed E-state index contributed by atoms with van der Waals surface area (Å²) in [4.78, 5) is 35.2. The second-order valence-electron chi connectivity index (χ2n) is 10.3. The Kier molecular flexibility index (Phi) is 11.4. The van der Waals surface area contributed by atoms with E-state index in [1.165, 1.54) is 0 Å². The van der Waals surface area contributed by atoms with Crippen molar-refractivity contribution in [1.29, 1.82) is 0 Å². The van der Waals surface area contributed by atoms with Gasteiger partial charge in [0.1, 0.15) is 11.5 Å². The lowest BCUT2D eigenvalue weighted by Gasteiger charge is -2.25. The molecule has 42 heavy (non-hydrogen) atoms. The maximum atomic E-state index is 11.8. The quantitative estimate of drug-likeness (QED) is 0.128. The number of esters is 3. The van der Waals surface area contributed by atoms with Gasteiger partial charge in [-0.05, 0) is 99.9 Å². The van der Waals surface area contributed by atoms with Crippen molar-refractivity contribution in [1.82, 2.24) is 0 Å². The zero-order valence-corrected chi connectivity index (χ0v) is 24.5. The summed E-state index contributed by atoms with van der Waals surface area (Å²) in [6.45, 7) is 16.1. The molecule has 1 N–H and O–H groups in total. The average Bonchev–Trinajstić information content (AvgIpc) is 2.94. The molecule has 0 spiro atoms. The fourth-order valence-corrected chi connectivity index (χ4v) is 4.18. The van der Waals surface area contributed by atoms with Gasteiger partial charge in [0.25, 0.3) is 0 Å². The maximum Gasteiger partial charge on any atom is 0.338 e. The molecule has 0 fully saturated rings. The van der Waals surface area contributed by atoms with Crippen LogP contribution in [0.5, 0.6) is 11.5 Å². The van der Waals surface area contributed by atoms with Crippen LogP contribution in [0.4, 0.5) is 0 Å². The van der Waals surface area contributed by atoms with Crippen molar-refractivity contribution in [3.05, 3.63) is 95.1 Å². The molecular weight excluding hydrogens is 536 g/mol. The summed E-state index contributed by atoms with van der Waals surface area (Å²) in [5.41, 5.74) is 5.21. The molecule has 0 saturated carbocycles. The molecule has 0 aromatic heterocycles. The van der Waals surface area contributed by atoms with Crippen molar-refractivity contribution in [2.75, 3.05) is 13.2 Å². The van der Waals surface area contributed by atoms with Crippen LogP contribution in [0, 0.1) is 0 Å². The molecule has 8 nitrogen and oxygen atoms in total. The number of unbranched alkanes of at least 4 members (excludes halogenated alkanes) is 1. The molecule has 3 rings (SSSR count). The smallest absolute Gasteiger partial charge is 0.338 e. The Hall–Kier alpha value is -4.43. The standard InChI is InChI=1S/C34H38O8/c1-21(2)31(35)39-16-8-7-10-26-20-30-27(18-25(26)11-9-17-40-32(36)22(3)4)19-29(34(38)42-30)24-12-14-28(15-13-24)41-33(37)23(5)6/h12-15,18-20,34,38H,1,3,5,7-11,16-17H2,2,4,6H3. The fraction of sp³-hybridized carbons (Fsp3) is 0.324. The normalized spacial score (nSPS) is 13.6. The zero-order chi connectivity index (χ0) is 30.8. The molecule has 1 heterocycles. The van der Waals surface area contributed by atoms with E-state index >= 15 is 0 Å². The van der Waals surface area contributed by atoms with Gasteiger partial charge >= 0.3 is 17.9 Å². The lowest BCUT2D eigenvalue weighted by Crippen LogP contribution is -2.21. The third-order valence-corrected chi connectivity index (χ3v) is 6.49. The number of rotatable bonds is 14. The Morgan fingerprint density at radius 1 is 0.786 bits per heavy atom. The van der Waals surface area contributed by atoms with E-state index in [2.05, 4.69) is 19.7 Å². The topological polar surface area (TPSA) is 108 Å². The van der Waals surface area contributed by atoms with Gasteiger partial charge in [-0.2, -0.15) is 0 Å². The highest BCUT2D eigenvalue weighted by molar-refractivity contribution is 5.90. The van der Waals surface area contributed by atoms with Crippen molar-refractivity contribution in [3.63, 3.8) is 0 Å². The van der Waals surface area contributed by atoms with Gasteiger partial charge in [-0.1, -0.05) is 31.9 Å². The van der Waals surface area contributed by atoms with Crippen LogP contribution < -0.4 is 9.47 Å². The number of benzene rings is 2. The molecule has 8 heteroatoms. The minimum absolute atomic E-state index is 0.262. The van der Waals surface area contributed by atoms with E-state index < -0.39 is 24.2 Å². The van der Waals surface area contributed by atoms with Gasteiger partial charge in [0.05, 0.1) is 13.2 Å². The van der Waals surface area contributed by atoms with Gasteiger partial charge in [-0.25, -0.2) is 14.4 Å². The SMILES string of the molecule is C=C(C)C(=O)OCCCCc1cc2c(cc1CCCOC(=O)C(=C)C)C=C(c1ccc(OC(=O)C(=C)C)cc1)C(O)O2. The molecule has 0 aliphatic carbocycles. The lowest BCUT2D eigenvalue weighted by molar-refractivity contribution is -0.139. The summed E-state index contributed by atoms with van der Waals surface area (Å²) < 4.78 is 21.6. The number of aliphatic hydroxyl groups excluding tert-OH is 1. The van der Waals surface area contributed by atoms with Gasteiger partial charge in [0.2, 0.25) is 6.29 Å². The summed E-state index contributed by atoms with van der Waals surface area (Å²) in [5.74, 6) is -0.406. The number of carbonyl (C=O) groups is 3. The number of hydrogen-bond acceptors (Lipinski definition) is 8. The van der Waals surface area contributed by atoms with Gasteiger partial charge in [0, 0.05) is 27.9 Å². The lowest BCUT2D eigenvalue weighted by atomic mass is 9.92. The first-order valence-corrected chi connectivity index (χ1v) is 13.8. The van der Waals surface area contributed by atoms with E-state index in [0.29, 0.717) is 71.6 Å². The molecule has 0 saturated heterocycles. The molecular formula is C34H38O8. The minimum atomic E-state index is -1.19. The van der Waals surface area contributed by atoms with Crippen molar-refractivity contribution >= 4 is 29.6 Å². The molecule has 0 amide bonds. The first-order chi connectivity index (χ1) is 20.0. The molecule has 1 unspecified atom stereocenters. The first kappa shape index (κ1) is 32.1. The largest absolute Gasteiger partial charge is 0.462 e. The Labute approximate surface area is 246 Å². The third-order valence-electron chi connectivity index (χ3n) is 6.49. The Balaban J connectivity index is 1.79. The van der Waals surface area contributed by atoms with E-state index in [4.69, 9.17) is 18.9 Å². The molecule has 1 aliphatic rings. The van der Waals surface area contributed by atoms with Crippen LogP contribution in [0.2, 0.25) is 0 Å². The van der Waals surface area contributed by atoms with Crippen LogP contribution >= 0.6 is 0 Å². The first-order valence-electron chi connectivity index (χ1n) is 13.8. The Bertz CT molecular complexity index is 1400. The predicted molar refractivity (Wildman–Crippen MR) is 161 cm³/mol. The Morgan fingerprint density at radius 2 is 1.33 bits per heavy atom. The van der Waals surface area contributed by atoms with Crippen LogP contribution in [-0.2, 0) is 36.7 Å². The Morgan fingerprint density at radius 3 is 1.93 bits per heavy atom. The summed E-state index contributed by atoms with van der Waals surface area (Å²) >= 11 is 0. The number of aliphatic hydroxyl groups is 1. The summed E-state index contributed by atoms with van der Waals surface area (Å²) in [6, 6.07) is 10.7. The van der Waals surface area contributed by atoms with E-state index in [0.717, 1.165) is 23.1 Å². The van der Waals surface area contributed by atoms with Gasteiger partial charge in [0.15, 0.2) is 0 Å². The van der Waals surface area contributed by atoms with Crippen LogP contribution in [0.15, 0.2) is 72.9 Å². The maximum absolute atomic E-state index is 11.8. The molecule has 1 aliphatic heterocycles. The van der Waals surface area contributed by atoms with Crippen LogP contribution in [0.3, 0.4) is 0 Å². The minimum Gasteiger partial charge on any atom is -0.462 e. The highest BCUT2D eigenvalue weighted by atomic mass is 16.6. The average molecular weight is 575 g/mol. The predicted octanol–water partition coefficient (Wildman–Crippen LogP) is 5.91. The molecule has 2 aromatic rings. The molecule has 0 radical (unpaired) electrons. The monoisotopic (exact) mass is 574 g/mol. The number of hydrogen-bond donors (Lipinski definition) is 1. The highest BCUT2D eigenvalue weighted by Gasteiger charge is 2.23. The summed E-state index contributed by atoms with van der Waals surface area (Å²) in [7, 11) is 0. The molecule has 222 valence electrons. The third kappa shape index (κ3) is 9.04. The van der Waals surface area contributed by atoms with Crippen LogP contribution in [0.25, 0.3) is 11.6 Å². The zero-order valence-electron chi connectivity index (χ0n) is 24.5. The summed E-state index contributed by atoms with van der Waals surface area (Å²) in [5, 5.41) is 10.8. The fourth-order valence-electron chi connectivity index (χ4n) is 4.18. The van der Waals surface area contributed by atoms with Crippen LogP contribution in [-0.4, -0.2) is 42.5 Å². The second-order valence-corrected chi connectivity index (χ2v) is 10.3. The second kappa shape index (κ2) is 15.0. The summed E-state index contributed by atoms with van der Waals surface area (Å²) in [6.07, 6.45) is 4.12. The van der Waals surface area contributed by atoms with Gasteiger partial charge in [-0.15, -0.1) is 0 Å². The van der Waals surface area contributed by atoms with Gasteiger partial charge in [-0.3, -0.25) is 0 Å². The van der Waals surface area contributed by atoms with Crippen molar-refractivity contribution in [2.24, 2.45) is 0 Å². The number of ether oxygens (including phenoxy) is 4. The highest BCUT2D eigenvalue weighted by Crippen LogP contribution is 2.36. The van der Waals surface area contributed by atoms with E-state index in [-0.39, 0.29) is 6.61 Å². The van der Waals surface area contributed by atoms with E-state index in [1.54, 1.807) is 45.0 Å². The number of aryl methyl sites for hydroxylation is 2. The van der Waals surface area contributed by atoms with Crippen molar-refractivity contribution < 1.29 is 38.4 Å². The molecule has 1 atom stereocenters. The van der Waals surface area contributed by atoms with Crippen LogP contribution in [0.1, 0.15) is 62.3 Å². The molecule has 0 bridgehead atoms. The van der Waals surface area contributed by atoms with Crippen molar-refractivity contribution in [2.45, 2.75) is 59.2 Å². The number of carbonyl (C=O) groups excluding carboxylic acids is 3. The van der Waals surface area contributed by atoms with Crippen molar-refractivity contribution in [3.8, 4) is 11.5 Å². The molecule has 2 aromatic carbocycles. The number of fused-ring (bicyclic) bond motifs is 1. The van der Waals surface area contributed by atoms with E-state index in [9.17, 15) is 19.5 Å².